The third-order valence-corrected chi connectivity index (χ3v) is 5.92. The van der Waals surface area contributed by atoms with Gasteiger partial charge in [0.25, 0.3) is 5.91 Å². The van der Waals surface area contributed by atoms with Gasteiger partial charge in [-0.3, -0.25) is 14.5 Å². The van der Waals surface area contributed by atoms with Crippen molar-refractivity contribution in [3.8, 4) is 0 Å². The van der Waals surface area contributed by atoms with Crippen LogP contribution in [0.25, 0.3) is 0 Å². The summed E-state index contributed by atoms with van der Waals surface area (Å²) in [5.41, 5.74) is -0.0449. The van der Waals surface area contributed by atoms with Gasteiger partial charge in [0.1, 0.15) is 12.1 Å². The van der Waals surface area contributed by atoms with Crippen molar-refractivity contribution in [2.45, 2.75) is 38.3 Å². The van der Waals surface area contributed by atoms with E-state index in [1.165, 1.54) is 0 Å². The molecule has 1 aromatic rings. The summed E-state index contributed by atoms with van der Waals surface area (Å²) in [5.74, 6) is -0.580. The van der Waals surface area contributed by atoms with E-state index in [-0.39, 0.29) is 24.4 Å². The van der Waals surface area contributed by atoms with Crippen LogP contribution in [0.1, 0.15) is 38.3 Å². The Balaban J connectivity index is 1.79. The molecule has 4 amide bonds. The van der Waals surface area contributed by atoms with E-state index >= 15 is 0 Å². The van der Waals surface area contributed by atoms with Crippen molar-refractivity contribution in [3.05, 3.63) is 34.9 Å². The highest BCUT2D eigenvalue weighted by Gasteiger charge is 2.49. The van der Waals surface area contributed by atoms with Crippen molar-refractivity contribution >= 4 is 29.4 Å². The molecule has 0 aromatic heterocycles. The first-order valence-corrected chi connectivity index (χ1v) is 9.70. The van der Waals surface area contributed by atoms with Gasteiger partial charge >= 0.3 is 6.03 Å². The van der Waals surface area contributed by atoms with Gasteiger partial charge < -0.3 is 15.5 Å². The second-order valence-corrected chi connectivity index (χ2v) is 7.35. The summed E-state index contributed by atoms with van der Waals surface area (Å²) in [6.07, 6.45) is 0.989. The largest absolute Gasteiger partial charge is 0.331 e. The highest BCUT2D eigenvalue weighted by atomic mass is 35.5. The summed E-state index contributed by atoms with van der Waals surface area (Å²) in [5, 5.41) is 6.63. The van der Waals surface area contributed by atoms with Gasteiger partial charge in [-0.25, -0.2) is 4.79 Å². The molecular weight excluding hydrogens is 368 g/mol. The quantitative estimate of drug-likeness (QED) is 0.750. The molecule has 1 unspecified atom stereocenters. The van der Waals surface area contributed by atoms with Crippen LogP contribution in [-0.2, 0) is 9.59 Å². The minimum Gasteiger partial charge on any atom is -0.331 e. The van der Waals surface area contributed by atoms with E-state index in [9.17, 15) is 14.4 Å². The van der Waals surface area contributed by atoms with Gasteiger partial charge in [0, 0.05) is 24.7 Å². The van der Waals surface area contributed by atoms with Crippen molar-refractivity contribution in [3.63, 3.8) is 0 Å². The average Bonchev–Trinajstić information content (AvgIpc) is 2.93. The zero-order valence-electron chi connectivity index (χ0n) is 15.6. The topological polar surface area (TPSA) is 81.8 Å². The molecule has 2 N–H and O–H groups in total. The molecular formula is C19H25ClN4O3. The summed E-state index contributed by atoms with van der Waals surface area (Å²) < 4.78 is 0. The second kappa shape index (κ2) is 7.86. The maximum absolute atomic E-state index is 13.0. The van der Waals surface area contributed by atoms with Crippen molar-refractivity contribution in [2.75, 3.05) is 26.2 Å². The van der Waals surface area contributed by atoms with Gasteiger partial charge in [0.15, 0.2) is 0 Å². The molecule has 0 saturated carbocycles. The number of benzene rings is 1. The highest BCUT2D eigenvalue weighted by molar-refractivity contribution is 6.31. The number of nitrogens with one attached hydrogen (secondary N) is 2. The third kappa shape index (κ3) is 3.53. The van der Waals surface area contributed by atoms with E-state index < -0.39 is 11.6 Å². The molecule has 2 heterocycles. The maximum atomic E-state index is 13.0. The van der Waals surface area contributed by atoms with Gasteiger partial charge in [0.2, 0.25) is 5.91 Å². The fraction of sp³-hybridized carbons (Fsp3) is 0.526. The van der Waals surface area contributed by atoms with Crippen molar-refractivity contribution < 1.29 is 14.4 Å². The first kappa shape index (κ1) is 19.6. The first-order chi connectivity index (χ1) is 12.9. The normalized spacial score (nSPS) is 22.1. The summed E-state index contributed by atoms with van der Waals surface area (Å²) in [4.78, 5) is 40.9. The van der Waals surface area contributed by atoms with Crippen LogP contribution < -0.4 is 10.6 Å². The SMILES string of the molecule is CCC1(CC)NC(=O)N(CC(=O)N2CCNCC2c2ccccc2Cl)C1=O. The number of hydrogen-bond acceptors (Lipinski definition) is 4. The van der Waals surface area contributed by atoms with Crippen molar-refractivity contribution in [1.29, 1.82) is 0 Å². The molecule has 0 spiro atoms. The molecule has 1 aromatic carbocycles. The van der Waals surface area contributed by atoms with E-state index in [4.69, 9.17) is 11.6 Å². The van der Waals surface area contributed by atoms with Crippen LogP contribution in [0, 0.1) is 0 Å². The molecule has 0 bridgehead atoms. The molecule has 27 heavy (non-hydrogen) atoms. The number of piperazine rings is 1. The number of urea groups is 1. The molecule has 8 heteroatoms. The zero-order valence-corrected chi connectivity index (χ0v) is 16.4. The molecule has 2 saturated heterocycles. The summed E-state index contributed by atoms with van der Waals surface area (Å²) in [6, 6.07) is 6.68. The molecule has 0 radical (unpaired) electrons. The minimum atomic E-state index is -0.900. The molecule has 0 aliphatic carbocycles. The number of carbonyl (C=O) groups excluding carboxylic acids is 3. The number of amides is 4. The van der Waals surface area contributed by atoms with Gasteiger partial charge in [-0.2, -0.15) is 0 Å². The summed E-state index contributed by atoms with van der Waals surface area (Å²) >= 11 is 6.32. The number of carbonyl (C=O) groups is 3. The second-order valence-electron chi connectivity index (χ2n) is 6.94. The standard InChI is InChI=1S/C19H25ClN4O3/c1-3-19(4-2)17(26)24(18(27)22-19)12-16(25)23-10-9-21-11-15(23)13-7-5-6-8-14(13)20/h5-8,15,21H,3-4,9-12H2,1-2H3,(H,22,27). The first-order valence-electron chi connectivity index (χ1n) is 9.32. The monoisotopic (exact) mass is 392 g/mol. The van der Waals surface area contributed by atoms with Gasteiger partial charge in [-0.05, 0) is 24.5 Å². The van der Waals surface area contributed by atoms with Crippen LogP contribution in [0.4, 0.5) is 4.79 Å². The Hall–Kier alpha value is -2.12. The molecule has 146 valence electrons. The summed E-state index contributed by atoms with van der Waals surface area (Å²) in [6.45, 7) is 5.18. The number of rotatable bonds is 5. The fourth-order valence-corrected chi connectivity index (χ4v) is 4.06. The van der Waals surface area contributed by atoms with E-state index in [2.05, 4.69) is 10.6 Å². The van der Waals surface area contributed by atoms with Crippen LogP contribution in [0.5, 0.6) is 0 Å². The predicted molar refractivity (Wildman–Crippen MR) is 102 cm³/mol. The van der Waals surface area contributed by atoms with E-state index in [1.807, 2.05) is 32.0 Å². The zero-order chi connectivity index (χ0) is 19.6. The van der Waals surface area contributed by atoms with Crippen LogP contribution in [0.2, 0.25) is 5.02 Å². The molecule has 7 nitrogen and oxygen atoms in total. The smallest absolute Gasteiger partial charge is 0.325 e. The number of nitrogens with zero attached hydrogens (tertiary/aromatic N) is 2. The number of hydrogen-bond donors (Lipinski definition) is 2. The van der Waals surface area contributed by atoms with Gasteiger partial charge in [-0.1, -0.05) is 43.6 Å². The molecule has 1 atom stereocenters. The Kier molecular flexibility index (Phi) is 5.72. The number of imide groups is 1. The Morgan fingerprint density at radius 3 is 2.59 bits per heavy atom. The van der Waals surface area contributed by atoms with Gasteiger partial charge in [-0.15, -0.1) is 0 Å². The van der Waals surface area contributed by atoms with Gasteiger partial charge in [0.05, 0.1) is 6.04 Å². The average molecular weight is 393 g/mol. The molecule has 2 aliphatic rings. The van der Waals surface area contributed by atoms with E-state index in [1.54, 1.807) is 11.0 Å². The van der Waals surface area contributed by atoms with Crippen LogP contribution in [0.15, 0.2) is 24.3 Å². The van der Waals surface area contributed by atoms with Crippen LogP contribution in [0.3, 0.4) is 0 Å². The Labute approximate surface area is 164 Å². The summed E-state index contributed by atoms with van der Waals surface area (Å²) in [7, 11) is 0. The lowest BCUT2D eigenvalue weighted by molar-refractivity contribution is -0.141. The lowest BCUT2D eigenvalue weighted by Crippen LogP contribution is -2.52. The van der Waals surface area contributed by atoms with Crippen LogP contribution in [-0.4, -0.2) is 59.4 Å². The number of halogens is 1. The third-order valence-electron chi connectivity index (χ3n) is 5.57. The lowest BCUT2D eigenvalue weighted by atomic mass is 9.93. The van der Waals surface area contributed by atoms with Crippen molar-refractivity contribution in [1.82, 2.24) is 20.4 Å². The van der Waals surface area contributed by atoms with Crippen LogP contribution >= 0.6 is 11.6 Å². The minimum absolute atomic E-state index is 0.233. The molecule has 3 rings (SSSR count). The lowest BCUT2D eigenvalue weighted by Gasteiger charge is -2.37. The molecule has 2 aliphatic heterocycles. The maximum Gasteiger partial charge on any atom is 0.325 e. The Bertz CT molecular complexity index is 750. The highest BCUT2D eigenvalue weighted by Crippen LogP contribution is 2.29. The Morgan fingerprint density at radius 1 is 1.26 bits per heavy atom. The Morgan fingerprint density at radius 2 is 1.96 bits per heavy atom. The van der Waals surface area contributed by atoms with E-state index in [0.717, 1.165) is 10.5 Å². The van der Waals surface area contributed by atoms with E-state index in [0.29, 0.717) is 37.5 Å². The molecule has 2 fully saturated rings. The fourth-order valence-electron chi connectivity index (χ4n) is 3.80. The predicted octanol–water partition coefficient (Wildman–Crippen LogP) is 1.92. The van der Waals surface area contributed by atoms with Crippen molar-refractivity contribution in [2.24, 2.45) is 0 Å².